The Morgan fingerprint density at radius 1 is 1.14 bits per heavy atom. The fraction of sp³-hybridized carbons (Fsp3) is 0.250. The minimum absolute atomic E-state index is 0.337. The molecule has 1 N–H and O–H groups in total. The van der Waals surface area contributed by atoms with Gasteiger partial charge < -0.3 is 14.7 Å². The molecule has 1 atom stereocenters. The number of carbonyl (C=O) groups excluding carboxylic acids is 1. The first-order chi connectivity index (χ1) is 14.0. The molecule has 0 aliphatic carbocycles. The van der Waals surface area contributed by atoms with Crippen LogP contribution in [0.5, 0.6) is 0 Å². The van der Waals surface area contributed by atoms with Crippen LogP contribution in [-0.2, 0) is 0 Å². The first kappa shape index (κ1) is 19.7. The average Bonchev–Trinajstić information content (AvgIpc) is 3.21. The molecule has 1 fully saturated rings. The summed E-state index contributed by atoms with van der Waals surface area (Å²) >= 11 is 12.3. The third-order valence-corrected chi connectivity index (χ3v) is 5.42. The molecular formula is C20H17Cl2FN4O2. The highest BCUT2D eigenvalue weighted by Crippen LogP contribution is 2.34. The third kappa shape index (κ3) is 4.21. The van der Waals surface area contributed by atoms with Crippen molar-refractivity contribution in [3.8, 4) is 11.4 Å². The van der Waals surface area contributed by atoms with Crippen molar-refractivity contribution >= 4 is 34.9 Å². The molecule has 2 aromatic carbocycles. The second kappa shape index (κ2) is 8.39. The van der Waals surface area contributed by atoms with E-state index in [1.54, 1.807) is 35.2 Å². The molecule has 2 heterocycles. The second-order valence-electron chi connectivity index (χ2n) is 6.69. The van der Waals surface area contributed by atoms with Gasteiger partial charge in [-0.3, -0.25) is 0 Å². The van der Waals surface area contributed by atoms with Crippen LogP contribution >= 0.6 is 23.2 Å². The molecular weight excluding hydrogens is 418 g/mol. The van der Waals surface area contributed by atoms with E-state index in [2.05, 4.69) is 15.5 Å². The van der Waals surface area contributed by atoms with Crippen LogP contribution in [0.3, 0.4) is 0 Å². The van der Waals surface area contributed by atoms with Crippen LogP contribution in [0.4, 0.5) is 14.9 Å². The number of hydrogen-bond donors (Lipinski definition) is 1. The monoisotopic (exact) mass is 434 g/mol. The Bertz CT molecular complexity index is 1010. The van der Waals surface area contributed by atoms with E-state index in [1.165, 1.54) is 12.1 Å². The number of hydrogen-bond acceptors (Lipinski definition) is 4. The van der Waals surface area contributed by atoms with Crippen molar-refractivity contribution in [1.82, 2.24) is 15.0 Å². The summed E-state index contributed by atoms with van der Waals surface area (Å²) < 4.78 is 18.6. The molecule has 0 spiro atoms. The third-order valence-electron chi connectivity index (χ3n) is 4.79. The van der Waals surface area contributed by atoms with Gasteiger partial charge in [-0.1, -0.05) is 34.4 Å². The van der Waals surface area contributed by atoms with Gasteiger partial charge in [-0.2, -0.15) is 4.98 Å². The number of rotatable bonds is 3. The Morgan fingerprint density at radius 3 is 2.59 bits per heavy atom. The highest BCUT2D eigenvalue weighted by Gasteiger charge is 2.32. The quantitative estimate of drug-likeness (QED) is 0.553. The minimum Gasteiger partial charge on any atom is -0.337 e. The Morgan fingerprint density at radius 2 is 1.86 bits per heavy atom. The van der Waals surface area contributed by atoms with Crippen LogP contribution in [0.25, 0.3) is 11.4 Å². The zero-order valence-electron chi connectivity index (χ0n) is 15.2. The lowest BCUT2D eigenvalue weighted by atomic mass is 10.0. The molecule has 1 aliphatic rings. The van der Waals surface area contributed by atoms with Crippen molar-refractivity contribution in [3.63, 3.8) is 0 Å². The zero-order chi connectivity index (χ0) is 20.4. The summed E-state index contributed by atoms with van der Waals surface area (Å²) in [5.74, 6) is 0.343. The van der Waals surface area contributed by atoms with Gasteiger partial charge in [0.2, 0.25) is 11.7 Å². The molecule has 1 aromatic heterocycles. The summed E-state index contributed by atoms with van der Waals surface area (Å²) in [5, 5.41) is 7.49. The van der Waals surface area contributed by atoms with Gasteiger partial charge in [-0.25, -0.2) is 9.18 Å². The maximum absolute atomic E-state index is 13.1. The number of aromatic nitrogens is 2. The maximum Gasteiger partial charge on any atom is 0.322 e. The lowest BCUT2D eigenvalue weighted by Crippen LogP contribution is -2.41. The van der Waals surface area contributed by atoms with E-state index in [0.29, 0.717) is 46.0 Å². The summed E-state index contributed by atoms with van der Waals surface area (Å²) in [7, 11) is 0. The van der Waals surface area contributed by atoms with Gasteiger partial charge in [0.1, 0.15) is 11.9 Å². The topological polar surface area (TPSA) is 71.3 Å². The molecule has 9 heteroatoms. The van der Waals surface area contributed by atoms with E-state index in [9.17, 15) is 9.18 Å². The number of anilines is 1. The molecule has 2 amide bonds. The Labute approximate surface area is 176 Å². The lowest BCUT2D eigenvalue weighted by Gasteiger charge is -2.33. The van der Waals surface area contributed by atoms with Gasteiger partial charge in [0.15, 0.2) is 0 Å². The average molecular weight is 435 g/mol. The predicted molar refractivity (Wildman–Crippen MR) is 108 cm³/mol. The number of nitrogens with one attached hydrogen (secondary N) is 1. The van der Waals surface area contributed by atoms with Crippen LogP contribution < -0.4 is 5.32 Å². The van der Waals surface area contributed by atoms with E-state index in [0.717, 1.165) is 12.8 Å². The standard InChI is InChI=1S/C20H17Cl2FN4O2/c21-14-4-3-5-15(22)17(14)24-20(28)27-11-2-1-6-16(27)19-25-18(26-29-19)12-7-9-13(23)10-8-12/h3-5,7-10,16H,1-2,6,11H2,(H,24,28). The van der Waals surface area contributed by atoms with Crippen LogP contribution in [-0.4, -0.2) is 27.6 Å². The molecule has 1 unspecified atom stereocenters. The molecule has 6 nitrogen and oxygen atoms in total. The number of amides is 2. The number of urea groups is 1. The van der Waals surface area contributed by atoms with Gasteiger partial charge in [0, 0.05) is 12.1 Å². The van der Waals surface area contributed by atoms with E-state index in [-0.39, 0.29) is 17.9 Å². The zero-order valence-corrected chi connectivity index (χ0v) is 16.8. The first-order valence-electron chi connectivity index (χ1n) is 9.14. The van der Waals surface area contributed by atoms with Crippen molar-refractivity contribution in [2.24, 2.45) is 0 Å². The summed E-state index contributed by atoms with van der Waals surface area (Å²) in [6, 6.07) is 10.1. The van der Waals surface area contributed by atoms with Crippen molar-refractivity contribution < 1.29 is 13.7 Å². The van der Waals surface area contributed by atoms with E-state index >= 15 is 0 Å². The van der Waals surface area contributed by atoms with E-state index in [1.807, 2.05) is 0 Å². The molecule has 150 valence electrons. The van der Waals surface area contributed by atoms with Crippen LogP contribution in [0, 0.1) is 5.82 Å². The van der Waals surface area contributed by atoms with Crippen molar-refractivity contribution in [1.29, 1.82) is 0 Å². The molecule has 0 saturated carbocycles. The summed E-state index contributed by atoms with van der Waals surface area (Å²) in [6.07, 6.45) is 2.48. The van der Waals surface area contributed by atoms with Crippen molar-refractivity contribution in [2.75, 3.05) is 11.9 Å². The molecule has 0 bridgehead atoms. The number of carbonyl (C=O) groups is 1. The highest BCUT2D eigenvalue weighted by atomic mass is 35.5. The van der Waals surface area contributed by atoms with E-state index < -0.39 is 0 Å². The van der Waals surface area contributed by atoms with Crippen LogP contribution in [0.1, 0.15) is 31.2 Å². The Kier molecular flexibility index (Phi) is 5.69. The molecule has 1 aliphatic heterocycles. The van der Waals surface area contributed by atoms with Crippen molar-refractivity contribution in [3.05, 3.63) is 64.2 Å². The van der Waals surface area contributed by atoms with Gasteiger partial charge in [-0.05, 0) is 55.7 Å². The highest BCUT2D eigenvalue weighted by molar-refractivity contribution is 6.39. The Hall–Kier alpha value is -2.64. The molecule has 29 heavy (non-hydrogen) atoms. The SMILES string of the molecule is O=C(Nc1c(Cl)cccc1Cl)N1CCCCC1c1nc(-c2ccc(F)cc2)no1. The minimum atomic E-state index is -0.369. The summed E-state index contributed by atoms with van der Waals surface area (Å²) in [6.45, 7) is 0.535. The normalized spacial score (nSPS) is 16.7. The number of benzene rings is 2. The lowest BCUT2D eigenvalue weighted by molar-refractivity contribution is 0.142. The van der Waals surface area contributed by atoms with Crippen molar-refractivity contribution in [2.45, 2.75) is 25.3 Å². The predicted octanol–water partition coefficient (Wildman–Crippen LogP) is 5.94. The van der Waals surface area contributed by atoms with Crippen LogP contribution in [0.15, 0.2) is 47.0 Å². The number of nitrogens with zero attached hydrogens (tertiary/aromatic N) is 3. The molecule has 0 radical (unpaired) electrons. The van der Waals surface area contributed by atoms with E-state index in [4.69, 9.17) is 27.7 Å². The molecule has 4 rings (SSSR count). The number of halogens is 3. The van der Waals surface area contributed by atoms with Gasteiger partial charge in [-0.15, -0.1) is 0 Å². The Balaban J connectivity index is 1.56. The second-order valence-corrected chi connectivity index (χ2v) is 7.51. The fourth-order valence-corrected chi connectivity index (χ4v) is 3.81. The number of likely N-dealkylation sites (tertiary alicyclic amines) is 1. The number of para-hydroxylation sites is 1. The van der Waals surface area contributed by atoms with Gasteiger partial charge >= 0.3 is 6.03 Å². The van der Waals surface area contributed by atoms with Gasteiger partial charge in [0.25, 0.3) is 0 Å². The van der Waals surface area contributed by atoms with Gasteiger partial charge in [0.05, 0.1) is 15.7 Å². The molecule has 3 aromatic rings. The first-order valence-corrected chi connectivity index (χ1v) is 9.89. The fourth-order valence-electron chi connectivity index (χ4n) is 3.31. The summed E-state index contributed by atoms with van der Waals surface area (Å²) in [4.78, 5) is 19.0. The number of piperidine rings is 1. The smallest absolute Gasteiger partial charge is 0.322 e. The largest absolute Gasteiger partial charge is 0.337 e. The maximum atomic E-state index is 13.1. The summed E-state index contributed by atoms with van der Waals surface area (Å²) in [5.41, 5.74) is 0.999. The van der Waals surface area contributed by atoms with Crippen LogP contribution in [0.2, 0.25) is 10.0 Å². The molecule has 1 saturated heterocycles.